The number of ether oxygens (including phenoxy) is 2. The fraction of sp³-hybridized carbons (Fsp3) is 0.269. The van der Waals surface area contributed by atoms with Gasteiger partial charge in [0.1, 0.15) is 29.4 Å². The molecule has 0 aliphatic heterocycles. The molecule has 43 heavy (non-hydrogen) atoms. The molecule has 0 fully saturated rings. The molecule has 2 N–H and O–H groups in total. The van der Waals surface area contributed by atoms with E-state index in [4.69, 9.17) is 10.5 Å². The SMILES string of the molecule is Cl.NCCC(=O)OC(Cn1cnnn1)(c1ccc(F)cc1F)C(F)(F)c1ccc(-c2ccc(OCC(F)(F)F)cc2)cn1. The number of hydrogen-bond acceptors (Lipinski definition) is 8. The van der Waals surface area contributed by atoms with Crippen LogP contribution in [0, 0.1) is 11.6 Å². The molecule has 0 saturated carbocycles. The zero-order valence-electron chi connectivity index (χ0n) is 21.8. The first-order valence-corrected chi connectivity index (χ1v) is 12.1. The van der Waals surface area contributed by atoms with Gasteiger partial charge in [-0.15, -0.1) is 17.5 Å². The highest BCUT2D eigenvalue weighted by atomic mass is 35.5. The summed E-state index contributed by atoms with van der Waals surface area (Å²) in [6, 6.07) is 9.23. The number of nitrogens with two attached hydrogens (primary N) is 1. The summed E-state index contributed by atoms with van der Waals surface area (Å²) in [6.45, 7) is -2.77. The van der Waals surface area contributed by atoms with Gasteiger partial charge >= 0.3 is 18.1 Å². The standard InChI is InChI=1S/C26H21F7N6O3.ClH/c27-18-4-7-20(21(28)11-18)24(42-23(40)9-10-34,13-39-15-36-37-38-39)26(32,33)22-8-3-17(12-35-22)16-1-5-19(6-2-16)41-14-25(29,30)31;/h1-8,11-12,15H,9-10,13-14,34H2;1H. The van der Waals surface area contributed by atoms with E-state index in [9.17, 15) is 22.4 Å². The highest BCUT2D eigenvalue weighted by Gasteiger charge is 2.62. The summed E-state index contributed by atoms with van der Waals surface area (Å²) in [5.41, 5.74) is 1.07. The summed E-state index contributed by atoms with van der Waals surface area (Å²) in [5, 5.41) is 10.3. The van der Waals surface area contributed by atoms with E-state index in [1.165, 1.54) is 30.3 Å². The van der Waals surface area contributed by atoms with Crippen LogP contribution < -0.4 is 10.5 Å². The minimum absolute atomic E-state index is 0. The van der Waals surface area contributed by atoms with Gasteiger partial charge < -0.3 is 15.2 Å². The molecule has 4 aromatic rings. The van der Waals surface area contributed by atoms with E-state index < -0.39 is 66.1 Å². The Morgan fingerprint density at radius 1 is 0.953 bits per heavy atom. The first-order valence-electron chi connectivity index (χ1n) is 12.1. The van der Waals surface area contributed by atoms with Crippen LogP contribution in [0.3, 0.4) is 0 Å². The fourth-order valence-corrected chi connectivity index (χ4v) is 4.03. The van der Waals surface area contributed by atoms with Crippen LogP contribution in [-0.4, -0.2) is 50.5 Å². The Labute approximate surface area is 245 Å². The third-order valence-corrected chi connectivity index (χ3v) is 5.96. The number of carbonyl (C=O) groups is 1. The third kappa shape index (κ3) is 7.56. The number of halogens is 8. The van der Waals surface area contributed by atoms with Crippen molar-refractivity contribution in [3.63, 3.8) is 0 Å². The largest absolute Gasteiger partial charge is 0.484 e. The van der Waals surface area contributed by atoms with Crippen LogP contribution in [0.1, 0.15) is 17.7 Å². The van der Waals surface area contributed by atoms with Crippen molar-refractivity contribution in [2.24, 2.45) is 5.73 Å². The molecule has 0 aliphatic rings. The second-order valence-corrected chi connectivity index (χ2v) is 8.91. The molecule has 2 aromatic carbocycles. The quantitative estimate of drug-likeness (QED) is 0.182. The summed E-state index contributed by atoms with van der Waals surface area (Å²) in [4.78, 5) is 16.4. The molecule has 0 amide bonds. The molecule has 0 saturated heterocycles. The van der Waals surface area contributed by atoms with Crippen molar-refractivity contribution in [2.45, 2.75) is 30.7 Å². The number of rotatable bonds is 11. The lowest BCUT2D eigenvalue weighted by Crippen LogP contribution is -2.51. The van der Waals surface area contributed by atoms with Crippen LogP contribution in [0.2, 0.25) is 0 Å². The monoisotopic (exact) mass is 634 g/mol. The van der Waals surface area contributed by atoms with Gasteiger partial charge in [0, 0.05) is 29.9 Å². The Kier molecular flexibility index (Phi) is 10.3. The number of benzene rings is 2. The van der Waals surface area contributed by atoms with Crippen molar-refractivity contribution >= 4 is 18.4 Å². The summed E-state index contributed by atoms with van der Waals surface area (Å²) in [7, 11) is 0. The number of nitrogens with zero attached hydrogens (tertiary/aromatic N) is 5. The lowest BCUT2D eigenvalue weighted by atomic mass is 9.83. The minimum Gasteiger partial charge on any atom is -0.484 e. The van der Waals surface area contributed by atoms with Crippen molar-refractivity contribution in [1.82, 2.24) is 25.2 Å². The maximum atomic E-state index is 16.6. The zero-order chi connectivity index (χ0) is 30.5. The smallest absolute Gasteiger partial charge is 0.422 e. The van der Waals surface area contributed by atoms with Crippen LogP contribution in [0.15, 0.2) is 67.1 Å². The van der Waals surface area contributed by atoms with Crippen LogP contribution in [-0.2, 0) is 27.6 Å². The highest BCUT2D eigenvalue weighted by molar-refractivity contribution is 5.85. The van der Waals surface area contributed by atoms with Crippen molar-refractivity contribution in [2.75, 3.05) is 13.2 Å². The molecule has 17 heteroatoms. The molecule has 0 bridgehead atoms. The van der Waals surface area contributed by atoms with Crippen LogP contribution >= 0.6 is 12.4 Å². The van der Waals surface area contributed by atoms with Crippen molar-refractivity contribution in [3.8, 4) is 16.9 Å². The number of alkyl halides is 5. The predicted octanol–water partition coefficient (Wildman–Crippen LogP) is 4.96. The van der Waals surface area contributed by atoms with Gasteiger partial charge in [0.2, 0.25) is 5.60 Å². The van der Waals surface area contributed by atoms with Gasteiger partial charge in [-0.3, -0.25) is 9.78 Å². The summed E-state index contributed by atoms with van der Waals surface area (Å²) >= 11 is 0. The Morgan fingerprint density at radius 3 is 2.21 bits per heavy atom. The first kappa shape index (κ1) is 33.2. The molecule has 0 radical (unpaired) electrons. The second-order valence-electron chi connectivity index (χ2n) is 8.91. The number of carbonyl (C=O) groups excluding carboxylic acids is 1. The number of esters is 1. The van der Waals surface area contributed by atoms with E-state index in [0.717, 1.165) is 35.4 Å². The topological polar surface area (TPSA) is 118 Å². The van der Waals surface area contributed by atoms with E-state index in [-0.39, 0.29) is 30.3 Å². The third-order valence-electron chi connectivity index (χ3n) is 5.96. The van der Waals surface area contributed by atoms with E-state index in [0.29, 0.717) is 11.6 Å². The van der Waals surface area contributed by atoms with Gasteiger partial charge in [0.05, 0.1) is 13.0 Å². The average molecular weight is 635 g/mol. The molecule has 2 heterocycles. The fourth-order valence-electron chi connectivity index (χ4n) is 4.03. The molecular weight excluding hydrogens is 613 g/mol. The van der Waals surface area contributed by atoms with Gasteiger partial charge in [0.15, 0.2) is 6.61 Å². The summed E-state index contributed by atoms with van der Waals surface area (Å²) in [5.74, 6) is -8.07. The molecule has 4 rings (SSSR count). The van der Waals surface area contributed by atoms with Crippen LogP contribution in [0.5, 0.6) is 5.75 Å². The predicted molar refractivity (Wildman–Crippen MR) is 138 cm³/mol. The Bertz CT molecular complexity index is 1510. The van der Waals surface area contributed by atoms with Crippen molar-refractivity contribution in [1.29, 1.82) is 0 Å². The number of pyridine rings is 1. The number of hydrogen-bond donors (Lipinski definition) is 1. The maximum absolute atomic E-state index is 16.6. The van der Waals surface area contributed by atoms with Crippen LogP contribution in [0.4, 0.5) is 30.7 Å². The van der Waals surface area contributed by atoms with E-state index in [1.54, 1.807) is 0 Å². The van der Waals surface area contributed by atoms with E-state index in [1.807, 2.05) is 0 Å². The average Bonchev–Trinajstić information content (AvgIpc) is 3.44. The lowest BCUT2D eigenvalue weighted by molar-refractivity contribution is -0.232. The normalized spacial score (nSPS) is 13.1. The Balaban J connectivity index is 0.00000506. The second kappa shape index (κ2) is 13.3. The van der Waals surface area contributed by atoms with Gasteiger partial charge in [-0.1, -0.05) is 18.2 Å². The van der Waals surface area contributed by atoms with Crippen LogP contribution in [0.25, 0.3) is 11.1 Å². The molecule has 9 nitrogen and oxygen atoms in total. The van der Waals surface area contributed by atoms with Gasteiger partial charge in [0.25, 0.3) is 0 Å². The van der Waals surface area contributed by atoms with Crippen molar-refractivity contribution in [3.05, 3.63) is 90.0 Å². The van der Waals surface area contributed by atoms with E-state index >= 15 is 13.2 Å². The first-order chi connectivity index (χ1) is 19.8. The van der Waals surface area contributed by atoms with Crippen molar-refractivity contribution < 1.29 is 45.0 Å². The summed E-state index contributed by atoms with van der Waals surface area (Å²) < 4.78 is 110. The van der Waals surface area contributed by atoms with Gasteiger partial charge in [-0.05, 0) is 46.3 Å². The summed E-state index contributed by atoms with van der Waals surface area (Å²) in [6.07, 6.45) is -3.06. The van der Waals surface area contributed by atoms with Gasteiger partial charge in [-0.2, -0.15) is 22.0 Å². The van der Waals surface area contributed by atoms with E-state index in [2.05, 4.69) is 25.2 Å². The maximum Gasteiger partial charge on any atom is 0.422 e. The van der Waals surface area contributed by atoms with Gasteiger partial charge in [-0.25, -0.2) is 13.5 Å². The number of tetrazole rings is 1. The molecule has 2 aromatic heterocycles. The minimum atomic E-state index is -4.53. The molecule has 1 atom stereocenters. The lowest BCUT2D eigenvalue weighted by Gasteiger charge is -2.39. The molecule has 0 aliphatic carbocycles. The molecule has 230 valence electrons. The Hall–Kier alpha value is -4.31. The molecule has 1 unspecified atom stereocenters. The number of aromatic nitrogens is 5. The zero-order valence-corrected chi connectivity index (χ0v) is 22.6. The molecular formula is C26H22ClF7N6O3. The molecule has 0 spiro atoms. The Morgan fingerprint density at radius 2 is 1.65 bits per heavy atom. The highest BCUT2D eigenvalue weighted by Crippen LogP contribution is 2.50.